The van der Waals surface area contributed by atoms with Crippen molar-refractivity contribution in [1.82, 2.24) is 14.8 Å². The number of hydrogen-bond donors (Lipinski definition) is 1. The first-order valence-corrected chi connectivity index (χ1v) is 12.2. The molecule has 3 aromatic rings. The zero-order chi connectivity index (χ0) is 22.3. The Morgan fingerprint density at radius 1 is 1.22 bits per heavy atom. The van der Waals surface area contributed by atoms with Crippen LogP contribution in [0, 0.1) is 0 Å². The second-order valence-electron chi connectivity index (χ2n) is 9.12. The second-order valence-corrected chi connectivity index (χ2v) is 10.0. The maximum atomic E-state index is 13.8. The molecular weight excluding hydrogens is 422 g/mol. The Hall–Kier alpha value is -2.80. The molecule has 0 spiro atoms. The van der Waals surface area contributed by atoms with Crippen molar-refractivity contribution in [3.05, 3.63) is 53.0 Å². The number of carbonyl (C=O) groups is 2. The van der Waals surface area contributed by atoms with Crippen LogP contribution in [0.3, 0.4) is 0 Å². The van der Waals surface area contributed by atoms with Crippen LogP contribution in [0.5, 0.6) is 5.75 Å². The molecule has 7 heteroatoms. The molecule has 1 N–H and O–H groups in total. The largest absolute Gasteiger partial charge is 0.497 e. The van der Waals surface area contributed by atoms with Gasteiger partial charge in [0.2, 0.25) is 5.91 Å². The topological polar surface area (TPSA) is 63.6 Å². The van der Waals surface area contributed by atoms with Crippen molar-refractivity contribution in [2.45, 2.75) is 63.7 Å². The molecule has 3 heterocycles. The summed E-state index contributed by atoms with van der Waals surface area (Å²) < 4.78 is 7.40. The Labute approximate surface area is 192 Å². The number of benzene rings is 1. The van der Waals surface area contributed by atoms with Crippen LogP contribution in [-0.2, 0) is 17.9 Å². The first kappa shape index (κ1) is 21.1. The summed E-state index contributed by atoms with van der Waals surface area (Å²) in [6.45, 7) is 2.70. The Bertz CT molecular complexity index is 1160. The fourth-order valence-electron chi connectivity index (χ4n) is 5.05. The quantitative estimate of drug-likeness (QED) is 0.618. The molecule has 0 bridgehead atoms. The molecule has 0 radical (unpaired) electrons. The Kier molecular flexibility index (Phi) is 5.45. The third-order valence-corrected chi connectivity index (χ3v) is 7.88. The lowest BCUT2D eigenvalue weighted by Gasteiger charge is -2.44. The van der Waals surface area contributed by atoms with E-state index in [9.17, 15) is 9.59 Å². The summed E-state index contributed by atoms with van der Waals surface area (Å²) in [6, 6.07) is 11.9. The highest BCUT2D eigenvalue weighted by atomic mass is 32.1. The van der Waals surface area contributed by atoms with Crippen LogP contribution in [0.2, 0.25) is 0 Å². The van der Waals surface area contributed by atoms with Crippen molar-refractivity contribution in [1.29, 1.82) is 0 Å². The standard InChI is InChI=1S/C25H29N3O3S/c1-25(24(30)26-19-8-4-3-5-9-19)16-27-21(14-18-11-12-32-23(18)27)22(29)28(25)15-17-7-6-10-20(13-17)31-2/h6-7,10-14,19H,3-5,8-9,15-16H2,1-2H3,(H,26,30). The van der Waals surface area contributed by atoms with Crippen LogP contribution in [0.4, 0.5) is 0 Å². The predicted molar refractivity (Wildman–Crippen MR) is 126 cm³/mol. The summed E-state index contributed by atoms with van der Waals surface area (Å²) in [7, 11) is 1.63. The average molecular weight is 452 g/mol. The van der Waals surface area contributed by atoms with Gasteiger partial charge < -0.3 is 19.5 Å². The van der Waals surface area contributed by atoms with Gasteiger partial charge in [-0.05, 0) is 55.0 Å². The van der Waals surface area contributed by atoms with Crippen molar-refractivity contribution in [2.75, 3.05) is 7.11 Å². The summed E-state index contributed by atoms with van der Waals surface area (Å²) in [5.41, 5.74) is 0.606. The minimum absolute atomic E-state index is 0.0651. The van der Waals surface area contributed by atoms with Gasteiger partial charge in [-0.1, -0.05) is 31.4 Å². The molecule has 1 aromatic carbocycles. The molecule has 1 aliphatic carbocycles. The highest BCUT2D eigenvalue weighted by molar-refractivity contribution is 7.16. The van der Waals surface area contributed by atoms with Crippen LogP contribution in [0.1, 0.15) is 55.1 Å². The lowest BCUT2D eigenvalue weighted by molar-refractivity contribution is -0.134. The third-order valence-electron chi connectivity index (χ3n) is 6.93. The second kappa shape index (κ2) is 8.28. The molecule has 6 nitrogen and oxygen atoms in total. The van der Waals surface area contributed by atoms with Crippen LogP contribution in [0.25, 0.3) is 10.2 Å². The van der Waals surface area contributed by atoms with Crippen LogP contribution >= 0.6 is 11.3 Å². The van der Waals surface area contributed by atoms with E-state index >= 15 is 0 Å². The van der Waals surface area contributed by atoms with E-state index in [0.717, 1.165) is 47.2 Å². The van der Waals surface area contributed by atoms with E-state index in [2.05, 4.69) is 5.32 Å². The summed E-state index contributed by atoms with van der Waals surface area (Å²) >= 11 is 1.61. The first-order chi connectivity index (χ1) is 15.5. The number of nitrogens with one attached hydrogen (secondary N) is 1. The van der Waals surface area contributed by atoms with Gasteiger partial charge in [-0.25, -0.2) is 0 Å². The number of amides is 2. The number of fused-ring (bicyclic) bond motifs is 3. The van der Waals surface area contributed by atoms with Gasteiger partial charge in [0.1, 0.15) is 21.8 Å². The minimum atomic E-state index is -0.986. The highest BCUT2D eigenvalue weighted by Crippen LogP contribution is 2.36. The van der Waals surface area contributed by atoms with Crippen molar-refractivity contribution in [3.63, 3.8) is 0 Å². The maximum Gasteiger partial charge on any atom is 0.271 e. The number of methoxy groups -OCH3 is 1. The number of nitrogens with zero attached hydrogens (tertiary/aromatic N) is 2. The summed E-state index contributed by atoms with van der Waals surface area (Å²) in [6.07, 6.45) is 5.54. The van der Waals surface area contributed by atoms with E-state index in [1.165, 1.54) is 6.42 Å². The third kappa shape index (κ3) is 3.58. The van der Waals surface area contributed by atoms with E-state index in [0.29, 0.717) is 18.8 Å². The number of aromatic nitrogens is 1. The Morgan fingerprint density at radius 2 is 2.03 bits per heavy atom. The molecule has 1 atom stereocenters. The van der Waals surface area contributed by atoms with Gasteiger partial charge in [0, 0.05) is 18.0 Å². The molecule has 0 saturated heterocycles. The van der Waals surface area contributed by atoms with Crippen molar-refractivity contribution in [2.24, 2.45) is 0 Å². The molecule has 2 aromatic heterocycles. The molecule has 5 rings (SSSR count). The minimum Gasteiger partial charge on any atom is -0.497 e. The summed E-state index contributed by atoms with van der Waals surface area (Å²) in [4.78, 5) is 30.3. The predicted octanol–water partition coefficient (Wildman–Crippen LogP) is 4.58. The van der Waals surface area contributed by atoms with Crippen LogP contribution in [-0.4, -0.2) is 40.0 Å². The molecule has 2 aliphatic rings. The van der Waals surface area contributed by atoms with Crippen LogP contribution < -0.4 is 10.1 Å². The van der Waals surface area contributed by atoms with Gasteiger partial charge in [0.25, 0.3) is 5.91 Å². The SMILES string of the molecule is COc1cccc(CN2C(=O)c3cc4ccsc4n3CC2(C)C(=O)NC2CCCCC2)c1. The Balaban J connectivity index is 1.53. The van der Waals surface area contributed by atoms with E-state index in [1.54, 1.807) is 23.3 Å². The van der Waals surface area contributed by atoms with Gasteiger partial charge in [0.05, 0.1) is 13.7 Å². The fraction of sp³-hybridized carbons (Fsp3) is 0.440. The number of ether oxygens (including phenoxy) is 1. The zero-order valence-corrected chi connectivity index (χ0v) is 19.4. The number of thiophene rings is 1. The van der Waals surface area contributed by atoms with Crippen molar-refractivity contribution < 1.29 is 14.3 Å². The number of carbonyl (C=O) groups excluding carboxylic acids is 2. The summed E-state index contributed by atoms with van der Waals surface area (Å²) in [5, 5.41) is 6.37. The van der Waals surface area contributed by atoms with E-state index in [-0.39, 0.29) is 17.9 Å². The van der Waals surface area contributed by atoms with E-state index < -0.39 is 5.54 Å². The van der Waals surface area contributed by atoms with E-state index in [1.807, 2.05) is 53.3 Å². The highest BCUT2D eigenvalue weighted by Gasteiger charge is 2.48. The zero-order valence-electron chi connectivity index (χ0n) is 18.6. The average Bonchev–Trinajstić information content (AvgIpc) is 3.40. The molecule has 1 saturated carbocycles. The lowest BCUT2D eigenvalue weighted by atomic mass is 9.91. The lowest BCUT2D eigenvalue weighted by Crippen LogP contribution is -2.64. The molecule has 1 unspecified atom stereocenters. The van der Waals surface area contributed by atoms with Crippen molar-refractivity contribution >= 4 is 33.4 Å². The molecule has 32 heavy (non-hydrogen) atoms. The van der Waals surface area contributed by atoms with E-state index in [4.69, 9.17) is 4.74 Å². The van der Waals surface area contributed by atoms with Gasteiger partial charge in [-0.2, -0.15) is 0 Å². The van der Waals surface area contributed by atoms with Gasteiger partial charge in [0.15, 0.2) is 0 Å². The van der Waals surface area contributed by atoms with Gasteiger partial charge in [-0.3, -0.25) is 9.59 Å². The normalized spacial score (nSPS) is 21.6. The maximum absolute atomic E-state index is 13.8. The van der Waals surface area contributed by atoms with Crippen molar-refractivity contribution in [3.8, 4) is 5.75 Å². The molecule has 168 valence electrons. The monoisotopic (exact) mass is 451 g/mol. The molecule has 1 fully saturated rings. The number of hydrogen-bond acceptors (Lipinski definition) is 4. The number of rotatable bonds is 5. The summed E-state index contributed by atoms with van der Waals surface area (Å²) in [5.74, 6) is 0.567. The van der Waals surface area contributed by atoms with Gasteiger partial charge in [-0.15, -0.1) is 11.3 Å². The fourth-order valence-corrected chi connectivity index (χ4v) is 5.94. The van der Waals surface area contributed by atoms with Gasteiger partial charge >= 0.3 is 0 Å². The molecular formula is C25H29N3O3S. The molecule has 1 aliphatic heterocycles. The van der Waals surface area contributed by atoms with Crippen LogP contribution in [0.15, 0.2) is 41.8 Å². The smallest absolute Gasteiger partial charge is 0.271 e. The Morgan fingerprint density at radius 3 is 2.81 bits per heavy atom. The molecule has 2 amide bonds. The first-order valence-electron chi connectivity index (χ1n) is 11.3.